The summed E-state index contributed by atoms with van der Waals surface area (Å²) in [5, 5.41) is 123. The fraction of sp³-hybridized carbons (Fsp3) is 0.649. The first-order valence-corrected chi connectivity index (χ1v) is 31.1. The molecular formula is C57H92N16O27. The van der Waals surface area contributed by atoms with Gasteiger partial charge in [0.2, 0.25) is 70.9 Å². The Balaban J connectivity index is 1.97. The summed E-state index contributed by atoms with van der Waals surface area (Å²) in [5.74, 6) is -16.8. The van der Waals surface area contributed by atoms with Crippen LogP contribution in [0.3, 0.4) is 0 Å². The number of rotatable bonds is 42. The highest BCUT2D eigenvalue weighted by molar-refractivity contribution is 5.99. The largest absolute Gasteiger partial charge is 0.508 e. The van der Waals surface area contributed by atoms with Crippen LogP contribution in [0.25, 0.3) is 0 Å². The zero-order chi connectivity index (χ0) is 75.4. The lowest BCUT2D eigenvalue weighted by Crippen LogP contribution is -2.65. The quantitative estimate of drug-likeness (QED) is 0.0164. The maximum atomic E-state index is 14.6. The standard InChI is InChI=1S/C57H92N16O27/c1-4-22(2)39(54(96)70-30(16-36(60)79)51(93)71-31(18-74)52(94)67-27(46(61)88)6-5-13-64-57(62)63)73-50(92)28(11-12-35(59)78)68-53(95)32(21-97-55-44(87)42(85)45(34(20-76)99-55)100-56-43(86)41(84)40(83)33(19-75)98-56)72-47(89)23(3)66-37(80)17-65-49(91)29(14-24-7-9-25(77)10-8-24)69-48(90)26(58)15-38(81)82/h7-10,22-23,26-34,39-45,55-56,74-77,83-87H,4-6,11-21,58H2,1-3H3,(H2,59,78)(H2,60,79)(H2,61,88)(H,65,91)(H,66,80)(H,67,94)(H,68,95)(H,69,90)(H,70,96)(H,71,93)(H,72,89)(H,73,92)(H,81,82)(H4,62,63,64)/t22-,23-,26-,27-,28-,29-,30-,31-,32-,33+,34+,39-,40-,41-,42+,43+,44+,45-,55+,56+/m0/s1. The van der Waals surface area contributed by atoms with Crippen LogP contribution in [0.1, 0.15) is 71.3 Å². The molecule has 20 atom stereocenters. The minimum absolute atomic E-state index is 0.0253. The monoisotopic (exact) mass is 1430 g/mol. The van der Waals surface area contributed by atoms with E-state index in [1.165, 1.54) is 31.2 Å². The summed E-state index contributed by atoms with van der Waals surface area (Å²) in [7, 11) is 0. The Morgan fingerprint density at radius 3 is 1.70 bits per heavy atom. The predicted molar refractivity (Wildman–Crippen MR) is 336 cm³/mol. The van der Waals surface area contributed by atoms with Crippen LogP contribution in [-0.2, 0) is 87.7 Å². The van der Waals surface area contributed by atoms with E-state index in [2.05, 4.69) is 52.8 Å². The van der Waals surface area contributed by atoms with Crippen molar-refractivity contribution in [3.8, 4) is 5.75 Å². The third-order valence-corrected chi connectivity index (χ3v) is 15.5. The third-order valence-electron chi connectivity index (χ3n) is 15.5. The summed E-state index contributed by atoms with van der Waals surface area (Å²) < 4.78 is 22.2. The van der Waals surface area contributed by atoms with Crippen molar-refractivity contribution in [2.24, 2.45) is 45.3 Å². The van der Waals surface area contributed by atoms with Crippen molar-refractivity contribution >= 4 is 82.8 Å². The highest BCUT2D eigenvalue weighted by atomic mass is 16.7. The van der Waals surface area contributed by atoms with Gasteiger partial charge in [-0.05, 0) is 49.8 Å². The Labute approximate surface area is 569 Å². The Morgan fingerprint density at radius 1 is 0.580 bits per heavy atom. The van der Waals surface area contributed by atoms with Crippen LogP contribution in [-0.4, -0.2) is 289 Å². The lowest BCUT2D eigenvalue weighted by Gasteiger charge is -2.46. The van der Waals surface area contributed by atoms with E-state index in [-0.39, 0.29) is 43.9 Å². The summed E-state index contributed by atoms with van der Waals surface area (Å²) in [6.45, 7) is -1.08. The topological polar surface area (TPSA) is 738 Å². The number of benzene rings is 1. The van der Waals surface area contributed by atoms with Gasteiger partial charge in [0.25, 0.3) is 0 Å². The van der Waals surface area contributed by atoms with E-state index in [9.17, 15) is 108 Å². The van der Waals surface area contributed by atoms with Crippen molar-refractivity contribution < 1.29 is 132 Å². The van der Waals surface area contributed by atoms with Gasteiger partial charge in [-0.2, -0.15) is 0 Å². The number of aliphatic imine (C=N–C) groups is 1. The van der Waals surface area contributed by atoms with E-state index >= 15 is 0 Å². The number of carboxylic acid groups (broad SMARTS) is 1. The number of nitrogens with zero attached hydrogens (tertiary/aromatic N) is 1. The number of ether oxygens (including phenoxy) is 4. The minimum Gasteiger partial charge on any atom is -0.508 e. The Hall–Kier alpha value is -9.12. The molecule has 1 aromatic carbocycles. The number of carboxylic acids is 1. The second-order valence-corrected chi connectivity index (χ2v) is 23.4. The molecule has 3 rings (SSSR count). The molecule has 2 saturated heterocycles. The van der Waals surface area contributed by atoms with Gasteiger partial charge in [0.15, 0.2) is 18.5 Å². The number of amides is 12. The first-order chi connectivity index (χ1) is 47.0. The molecule has 43 nitrogen and oxygen atoms in total. The molecule has 2 fully saturated rings. The van der Waals surface area contributed by atoms with Crippen LogP contribution in [0.2, 0.25) is 0 Å². The number of guanidine groups is 1. The van der Waals surface area contributed by atoms with Gasteiger partial charge in [0.05, 0.1) is 51.9 Å². The molecule has 0 unspecified atom stereocenters. The second-order valence-electron chi connectivity index (χ2n) is 23.4. The molecule has 2 heterocycles. The number of aliphatic carboxylic acids is 1. The smallest absolute Gasteiger partial charge is 0.305 e. The van der Waals surface area contributed by atoms with Gasteiger partial charge in [-0.15, -0.1) is 0 Å². The van der Waals surface area contributed by atoms with Crippen LogP contribution in [0.5, 0.6) is 5.75 Å². The molecule has 0 aromatic heterocycles. The molecule has 12 amide bonds. The van der Waals surface area contributed by atoms with Gasteiger partial charge >= 0.3 is 5.97 Å². The van der Waals surface area contributed by atoms with Gasteiger partial charge in [-0.1, -0.05) is 32.4 Å². The fourth-order valence-corrected chi connectivity index (χ4v) is 9.63. The number of aromatic hydroxyl groups is 1. The SMILES string of the molecule is CC[C@H](C)[C@H](NC(=O)[C@H](CCC(N)=O)NC(=O)[C@H](CO[C@@H]1O[C@H](CO)[C@H](O[C@H]2O[C@H](CO)[C@H](O)[C@H](O)[C@H]2O)[C@H](O)[C@H]1O)NC(=O)[C@H](C)NC(=O)CNC(=O)[C@H](Cc1ccc(O)cc1)NC(=O)[C@@H](N)CC(=O)O)C(=O)N[C@@H](CC(N)=O)C(=O)N[C@@H](CO)C(=O)N[C@@H](CCCN=C(N)N)C(N)=O. The molecule has 0 aliphatic carbocycles. The van der Waals surface area contributed by atoms with E-state index in [4.69, 9.17) is 58.5 Å². The fourth-order valence-electron chi connectivity index (χ4n) is 9.63. The number of phenols is 1. The van der Waals surface area contributed by atoms with Crippen molar-refractivity contribution in [2.45, 2.75) is 188 Å². The first kappa shape index (κ1) is 85.1. The molecule has 43 heteroatoms. The van der Waals surface area contributed by atoms with E-state index in [0.717, 1.165) is 6.92 Å². The number of carbonyl (C=O) groups excluding carboxylic acids is 12. The molecule has 0 spiro atoms. The molecule has 31 N–H and O–H groups in total. The number of carbonyl (C=O) groups is 13. The van der Waals surface area contributed by atoms with E-state index in [1.807, 2.05) is 0 Å². The molecule has 2 aliphatic rings. The first-order valence-electron chi connectivity index (χ1n) is 31.1. The summed E-state index contributed by atoms with van der Waals surface area (Å²) >= 11 is 0. The van der Waals surface area contributed by atoms with Gasteiger partial charge in [-0.3, -0.25) is 67.3 Å². The van der Waals surface area contributed by atoms with Crippen molar-refractivity contribution in [3.05, 3.63) is 29.8 Å². The van der Waals surface area contributed by atoms with Gasteiger partial charge in [0.1, 0.15) is 103 Å². The molecule has 2 aliphatic heterocycles. The predicted octanol–water partition coefficient (Wildman–Crippen LogP) is -13.9. The van der Waals surface area contributed by atoms with Crippen molar-refractivity contribution in [2.75, 3.05) is 39.5 Å². The summed E-state index contributed by atoms with van der Waals surface area (Å²) in [4.78, 5) is 176. The summed E-state index contributed by atoms with van der Waals surface area (Å²) in [6.07, 6.45) is -22.8. The zero-order valence-corrected chi connectivity index (χ0v) is 54.6. The zero-order valence-electron chi connectivity index (χ0n) is 54.6. The number of nitrogens with one attached hydrogen (secondary N) is 9. The average molecular weight is 1430 g/mol. The molecule has 0 bridgehead atoms. The number of primary amides is 3. The van der Waals surface area contributed by atoms with Crippen molar-refractivity contribution in [3.63, 3.8) is 0 Å². The van der Waals surface area contributed by atoms with Gasteiger partial charge in [-0.25, -0.2) is 0 Å². The number of aliphatic hydroxyl groups is 8. The minimum atomic E-state index is -2.25. The number of nitrogens with two attached hydrogens (primary N) is 6. The van der Waals surface area contributed by atoms with Gasteiger partial charge in [0, 0.05) is 19.4 Å². The molecule has 0 radical (unpaired) electrons. The van der Waals surface area contributed by atoms with Crippen LogP contribution >= 0.6 is 0 Å². The van der Waals surface area contributed by atoms with Crippen LogP contribution < -0.4 is 82.3 Å². The Kier molecular flexibility index (Phi) is 35.3. The maximum absolute atomic E-state index is 14.6. The normalized spacial score (nSPS) is 23.4. The Morgan fingerprint density at radius 2 is 1.13 bits per heavy atom. The van der Waals surface area contributed by atoms with E-state index in [0.29, 0.717) is 5.56 Å². The number of hydrogen-bond acceptors (Lipinski definition) is 28. The van der Waals surface area contributed by atoms with E-state index in [1.54, 1.807) is 6.92 Å². The average Bonchev–Trinajstić information content (AvgIpc) is 0.795. The van der Waals surface area contributed by atoms with Crippen molar-refractivity contribution in [1.29, 1.82) is 0 Å². The van der Waals surface area contributed by atoms with E-state index < -0.39 is 257 Å². The van der Waals surface area contributed by atoms with Crippen LogP contribution in [0, 0.1) is 5.92 Å². The number of hydrogen-bond donors (Lipinski definition) is 25. The molecular weight excluding hydrogens is 1340 g/mol. The summed E-state index contributed by atoms with van der Waals surface area (Å²) in [5.41, 5.74) is 33.0. The van der Waals surface area contributed by atoms with Gasteiger partial charge < -0.3 is 152 Å². The lowest BCUT2D eigenvalue weighted by atomic mass is 9.96. The molecule has 100 heavy (non-hydrogen) atoms. The maximum Gasteiger partial charge on any atom is 0.305 e. The van der Waals surface area contributed by atoms with Crippen LogP contribution in [0.15, 0.2) is 29.3 Å². The lowest BCUT2D eigenvalue weighted by molar-refractivity contribution is -0.359. The highest BCUT2D eigenvalue weighted by Gasteiger charge is 2.51. The Bertz CT molecular complexity index is 3000. The third kappa shape index (κ3) is 27.2. The number of aliphatic hydroxyl groups excluding tert-OH is 8. The van der Waals surface area contributed by atoms with Crippen LogP contribution in [0.4, 0.5) is 0 Å². The number of phenolic OH excluding ortho intramolecular Hbond substituents is 1. The second kappa shape index (κ2) is 41.5. The summed E-state index contributed by atoms with van der Waals surface area (Å²) in [6, 6.07) is -10.5. The molecule has 562 valence electrons. The molecule has 0 saturated carbocycles. The van der Waals surface area contributed by atoms with Crippen molar-refractivity contribution in [1.82, 2.24) is 47.9 Å². The molecule has 1 aromatic rings. The highest BCUT2D eigenvalue weighted by Crippen LogP contribution is 2.30.